The summed E-state index contributed by atoms with van der Waals surface area (Å²) >= 11 is 0. The van der Waals surface area contributed by atoms with Crippen LogP contribution in [0.1, 0.15) is 44.0 Å². The largest absolute Gasteiger partial charge is 0.406 e. The Bertz CT molecular complexity index is 934. The molecular formula is C19H20F3N3O2. The highest BCUT2D eigenvalue weighted by molar-refractivity contribution is 5.81. The maximum absolute atomic E-state index is 13.2. The average molecular weight is 379 g/mol. The lowest BCUT2D eigenvalue weighted by molar-refractivity contribution is -0.142. The fourth-order valence-electron chi connectivity index (χ4n) is 3.96. The van der Waals surface area contributed by atoms with Gasteiger partial charge in [-0.3, -0.25) is 14.2 Å². The topological polar surface area (TPSA) is 55.2 Å². The van der Waals surface area contributed by atoms with Gasteiger partial charge in [-0.2, -0.15) is 13.2 Å². The van der Waals surface area contributed by atoms with E-state index in [0.717, 1.165) is 19.3 Å². The highest BCUT2D eigenvalue weighted by Gasteiger charge is 2.39. The van der Waals surface area contributed by atoms with Crippen LogP contribution in [0.3, 0.4) is 0 Å². The molecule has 0 bridgehead atoms. The number of fused-ring (bicyclic) bond motifs is 1. The molecule has 0 N–H and O–H groups in total. The van der Waals surface area contributed by atoms with Crippen molar-refractivity contribution in [3.63, 3.8) is 0 Å². The first-order chi connectivity index (χ1) is 12.8. The van der Waals surface area contributed by atoms with Crippen LogP contribution in [0.4, 0.5) is 13.2 Å². The van der Waals surface area contributed by atoms with Gasteiger partial charge in [0.25, 0.3) is 5.56 Å². The van der Waals surface area contributed by atoms with E-state index in [9.17, 15) is 22.8 Å². The molecule has 2 aliphatic rings. The molecule has 1 aromatic carbocycles. The Morgan fingerprint density at radius 1 is 1.15 bits per heavy atom. The summed E-state index contributed by atoms with van der Waals surface area (Å²) in [6.07, 6.45) is -0.698. The number of alkyl halides is 3. The molecule has 1 saturated heterocycles. The van der Waals surface area contributed by atoms with Crippen molar-refractivity contribution in [1.82, 2.24) is 14.5 Å². The van der Waals surface area contributed by atoms with Crippen LogP contribution in [0.5, 0.6) is 0 Å². The molecule has 2 fully saturated rings. The van der Waals surface area contributed by atoms with Crippen LogP contribution < -0.4 is 5.56 Å². The van der Waals surface area contributed by atoms with Crippen LogP contribution >= 0.6 is 0 Å². The van der Waals surface area contributed by atoms with E-state index < -0.39 is 24.3 Å². The van der Waals surface area contributed by atoms with Crippen molar-refractivity contribution < 1.29 is 18.0 Å². The van der Waals surface area contributed by atoms with E-state index in [-0.39, 0.29) is 23.0 Å². The number of para-hydroxylation sites is 1. The average Bonchev–Trinajstić information content (AvgIpc) is 3.04. The Balaban J connectivity index is 1.82. The summed E-state index contributed by atoms with van der Waals surface area (Å²) < 4.78 is 40.2. The third-order valence-corrected chi connectivity index (χ3v) is 5.52. The van der Waals surface area contributed by atoms with Gasteiger partial charge < -0.3 is 4.90 Å². The number of hydrogen-bond acceptors (Lipinski definition) is 3. The smallest absolute Gasteiger partial charge is 0.332 e. The Kier molecular flexibility index (Phi) is 4.44. The Morgan fingerprint density at radius 3 is 2.56 bits per heavy atom. The molecule has 1 aromatic heterocycles. The number of carbonyl (C=O) groups is 1. The predicted molar refractivity (Wildman–Crippen MR) is 93.1 cm³/mol. The Labute approximate surface area is 153 Å². The van der Waals surface area contributed by atoms with Gasteiger partial charge in [0.05, 0.1) is 16.9 Å². The van der Waals surface area contributed by atoms with Crippen LogP contribution in [-0.2, 0) is 11.3 Å². The fraction of sp³-hybridized carbons (Fsp3) is 0.526. The molecule has 5 nitrogen and oxygen atoms in total. The second-order valence-electron chi connectivity index (χ2n) is 7.31. The van der Waals surface area contributed by atoms with Crippen LogP contribution in [0.2, 0.25) is 0 Å². The molecule has 2 aromatic rings. The Hall–Kier alpha value is -2.38. The minimum absolute atomic E-state index is 0.0234. The molecule has 1 aliphatic carbocycles. The summed E-state index contributed by atoms with van der Waals surface area (Å²) in [5.74, 6) is -0.0280. The summed E-state index contributed by atoms with van der Waals surface area (Å²) in [5, 5.41) is 0.153. The van der Waals surface area contributed by atoms with E-state index >= 15 is 0 Å². The van der Waals surface area contributed by atoms with E-state index in [1.54, 1.807) is 23.1 Å². The minimum atomic E-state index is -4.55. The monoisotopic (exact) mass is 379 g/mol. The van der Waals surface area contributed by atoms with E-state index in [1.165, 1.54) is 6.07 Å². The first kappa shape index (κ1) is 18.0. The summed E-state index contributed by atoms with van der Waals surface area (Å²) in [4.78, 5) is 31.6. The zero-order valence-corrected chi connectivity index (χ0v) is 14.7. The molecule has 1 amide bonds. The van der Waals surface area contributed by atoms with Crippen molar-refractivity contribution in [1.29, 1.82) is 0 Å². The number of nitrogens with zero attached hydrogens (tertiary/aromatic N) is 3. The lowest BCUT2D eigenvalue weighted by Gasteiger charge is -2.33. The molecule has 8 heteroatoms. The number of amides is 1. The van der Waals surface area contributed by atoms with E-state index in [4.69, 9.17) is 0 Å². The molecule has 144 valence electrons. The fourth-order valence-corrected chi connectivity index (χ4v) is 3.96. The number of halogens is 3. The van der Waals surface area contributed by atoms with Crippen LogP contribution in [0.25, 0.3) is 10.9 Å². The van der Waals surface area contributed by atoms with Crippen molar-refractivity contribution in [2.75, 3.05) is 6.54 Å². The van der Waals surface area contributed by atoms with Gasteiger partial charge in [-0.05, 0) is 37.8 Å². The van der Waals surface area contributed by atoms with Crippen LogP contribution in [0.15, 0.2) is 29.1 Å². The molecule has 0 spiro atoms. The highest BCUT2D eigenvalue weighted by atomic mass is 19.4. The van der Waals surface area contributed by atoms with Gasteiger partial charge in [-0.1, -0.05) is 18.6 Å². The van der Waals surface area contributed by atoms with Gasteiger partial charge in [-0.25, -0.2) is 4.98 Å². The number of carbonyl (C=O) groups excluding carboxylic acids is 1. The van der Waals surface area contributed by atoms with Crippen LogP contribution in [-0.4, -0.2) is 33.1 Å². The second kappa shape index (κ2) is 6.65. The normalized spacial score (nSPS) is 20.9. The van der Waals surface area contributed by atoms with E-state index in [0.29, 0.717) is 29.5 Å². The summed E-state index contributed by atoms with van der Waals surface area (Å²) in [6.45, 7) is -0.907. The van der Waals surface area contributed by atoms with Gasteiger partial charge in [-0.15, -0.1) is 0 Å². The first-order valence-corrected chi connectivity index (χ1v) is 9.22. The number of rotatable bonds is 3. The maximum Gasteiger partial charge on any atom is 0.406 e. The molecule has 2 heterocycles. The van der Waals surface area contributed by atoms with Gasteiger partial charge in [0, 0.05) is 12.5 Å². The van der Waals surface area contributed by atoms with Gasteiger partial charge >= 0.3 is 6.18 Å². The summed E-state index contributed by atoms with van der Waals surface area (Å²) in [5.41, 5.74) is -0.352. The minimum Gasteiger partial charge on any atom is -0.332 e. The van der Waals surface area contributed by atoms with Gasteiger partial charge in [0.2, 0.25) is 5.91 Å². The SMILES string of the molecule is O=C(C1CCC1)N1CCCC1c1nc2ccccc2c(=O)n1CC(F)(F)F. The molecular weight excluding hydrogens is 359 g/mol. The number of hydrogen-bond donors (Lipinski definition) is 0. The van der Waals surface area contributed by atoms with E-state index in [1.807, 2.05) is 0 Å². The van der Waals surface area contributed by atoms with Gasteiger partial charge in [0.1, 0.15) is 12.4 Å². The third kappa shape index (κ3) is 3.33. The molecule has 1 saturated carbocycles. The number of likely N-dealkylation sites (tertiary alicyclic amines) is 1. The molecule has 0 radical (unpaired) electrons. The van der Waals surface area contributed by atoms with Crippen LogP contribution in [0, 0.1) is 5.92 Å². The highest BCUT2D eigenvalue weighted by Crippen LogP contribution is 2.37. The van der Waals surface area contributed by atoms with Gasteiger partial charge in [0.15, 0.2) is 0 Å². The summed E-state index contributed by atoms with van der Waals surface area (Å²) in [7, 11) is 0. The molecule has 4 rings (SSSR count). The molecule has 1 aliphatic heterocycles. The second-order valence-corrected chi connectivity index (χ2v) is 7.31. The molecule has 1 unspecified atom stereocenters. The number of aromatic nitrogens is 2. The quantitative estimate of drug-likeness (QED) is 0.821. The Morgan fingerprint density at radius 2 is 1.89 bits per heavy atom. The summed E-state index contributed by atoms with van der Waals surface area (Å²) in [6, 6.07) is 5.81. The maximum atomic E-state index is 13.2. The van der Waals surface area contributed by atoms with Crippen molar-refractivity contribution in [2.45, 2.75) is 50.9 Å². The zero-order chi connectivity index (χ0) is 19.2. The van der Waals surface area contributed by atoms with Crippen molar-refractivity contribution in [3.05, 3.63) is 40.4 Å². The third-order valence-electron chi connectivity index (χ3n) is 5.52. The van der Waals surface area contributed by atoms with Crippen molar-refractivity contribution in [3.8, 4) is 0 Å². The van der Waals surface area contributed by atoms with E-state index in [2.05, 4.69) is 4.98 Å². The number of benzene rings is 1. The van der Waals surface area contributed by atoms with Crippen molar-refractivity contribution in [2.24, 2.45) is 5.92 Å². The van der Waals surface area contributed by atoms with Crippen molar-refractivity contribution >= 4 is 16.8 Å². The first-order valence-electron chi connectivity index (χ1n) is 9.22. The lowest BCUT2D eigenvalue weighted by atomic mass is 9.84. The zero-order valence-electron chi connectivity index (χ0n) is 14.7. The predicted octanol–water partition coefficient (Wildman–Crippen LogP) is 3.42. The standard InChI is InChI=1S/C19H20F3N3O2/c20-19(21,22)11-25-16(23-14-8-2-1-7-13(14)18(25)27)15-9-4-10-24(15)17(26)12-5-3-6-12/h1-2,7-8,12,15H,3-6,9-11H2. The molecule has 27 heavy (non-hydrogen) atoms. The lowest BCUT2D eigenvalue weighted by Crippen LogP contribution is -2.41. The molecule has 1 atom stereocenters.